The van der Waals surface area contributed by atoms with Gasteiger partial charge >= 0.3 is 0 Å². The SMILES string of the molecule is Cc1cccc2ncc(C[NH+]3CCC(C(=O)[O-])CC3)n12. The van der Waals surface area contributed by atoms with Crippen LogP contribution in [0, 0.1) is 12.8 Å². The van der Waals surface area contributed by atoms with Crippen molar-refractivity contribution in [2.24, 2.45) is 5.92 Å². The van der Waals surface area contributed by atoms with Crippen LogP contribution in [-0.4, -0.2) is 28.4 Å². The minimum absolute atomic E-state index is 0.261. The smallest absolute Gasteiger partial charge is 0.137 e. The van der Waals surface area contributed by atoms with Crippen molar-refractivity contribution in [3.63, 3.8) is 0 Å². The van der Waals surface area contributed by atoms with E-state index in [2.05, 4.69) is 22.4 Å². The lowest BCUT2D eigenvalue weighted by molar-refractivity contribution is -0.919. The van der Waals surface area contributed by atoms with E-state index in [0.29, 0.717) is 12.8 Å². The lowest BCUT2D eigenvalue weighted by Gasteiger charge is -2.29. The summed E-state index contributed by atoms with van der Waals surface area (Å²) in [5.74, 6) is -1.16. The quantitative estimate of drug-likeness (QED) is 0.795. The number of imidazole rings is 1. The van der Waals surface area contributed by atoms with Crippen molar-refractivity contribution in [3.8, 4) is 0 Å². The van der Waals surface area contributed by atoms with E-state index in [-0.39, 0.29) is 5.92 Å². The first-order valence-corrected chi connectivity index (χ1v) is 7.11. The second-order valence-corrected chi connectivity index (χ2v) is 5.63. The van der Waals surface area contributed by atoms with Gasteiger partial charge in [-0.2, -0.15) is 0 Å². The molecule has 106 valence electrons. The molecule has 0 aliphatic carbocycles. The average molecular weight is 273 g/mol. The summed E-state index contributed by atoms with van der Waals surface area (Å²) in [6.45, 7) is 4.75. The van der Waals surface area contributed by atoms with Crippen LogP contribution >= 0.6 is 0 Å². The van der Waals surface area contributed by atoms with Crippen molar-refractivity contribution in [2.75, 3.05) is 13.1 Å². The maximum atomic E-state index is 10.9. The summed E-state index contributed by atoms with van der Waals surface area (Å²) in [7, 11) is 0. The molecule has 0 unspecified atom stereocenters. The number of carbonyl (C=O) groups excluding carboxylic acids is 1. The van der Waals surface area contributed by atoms with Gasteiger partial charge in [0.1, 0.15) is 12.2 Å². The number of carboxylic acid groups (broad SMARTS) is 1. The van der Waals surface area contributed by atoms with Crippen LogP contribution in [0.5, 0.6) is 0 Å². The van der Waals surface area contributed by atoms with Crippen LogP contribution in [0.1, 0.15) is 24.2 Å². The van der Waals surface area contributed by atoms with Crippen molar-refractivity contribution < 1.29 is 14.8 Å². The van der Waals surface area contributed by atoms with Gasteiger partial charge in [0.2, 0.25) is 0 Å². The fourth-order valence-corrected chi connectivity index (χ4v) is 3.10. The van der Waals surface area contributed by atoms with Gasteiger partial charge in [-0.15, -0.1) is 0 Å². The number of nitrogens with one attached hydrogen (secondary N) is 1. The number of piperidine rings is 1. The molecule has 1 fully saturated rings. The summed E-state index contributed by atoms with van der Waals surface area (Å²) in [4.78, 5) is 16.7. The molecule has 3 rings (SSSR count). The first kappa shape index (κ1) is 13.1. The summed E-state index contributed by atoms with van der Waals surface area (Å²) in [6.07, 6.45) is 3.36. The monoisotopic (exact) mass is 273 g/mol. The Morgan fingerprint density at radius 1 is 1.45 bits per heavy atom. The molecule has 1 saturated heterocycles. The topological polar surface area (TPSA) is 61.9 Å². The molecule has 3 heterocycles. The molecule has 20 heavy (non-hydrogen) atoms. The Morgan fingerprint density at radius 2 is 2.20 bits per heavy atom. The third-order valence-corrected chi connectivity index (χ3v) is 4.25. The Balaban J connectivity index is 1.73. The molecule has 0 bridgehead atoms. The Kier molecular flexibility index (Phi) is 3.44. The number of aryl methyl sites for hydroxylation is 1. The maximum absolute atomic E-state index is 10.9. The second kappa shape index (κ2) is 5.25. The maximum Gasteiger partial charge on any atom is 0.137 e. The second-order valence-electron chi connectivity index (χ2n) is 5.63. The van der Waals surface area contributed by atoms with Crippen molar-refractivity contribution in [1.82, 2.24) is 9.38 Å². The number of carbonyl (C=O) groups is 1. The summed E-state index contributed by atoms with van der Waals surface area (Å²) in [5, 5.41) is 10.9. The fraction of sp³-hybridized carbons (Fsp3) is 0.467. The number of likely N-dealkylation sites (tertiary alicyclic amines) is 1. The zero-order chi connectivity index (χ0) is 14.1. The number of rotatable bonds is 3. The molecule has 0 atom stereocenters. The van der Waals surface area contributed by atoms with E-state index in [0.717, 1.165) is 25.3 Å². The van der Waals surface area contributed by atoms with Crippen LogP contribution in [-0.2, 0) is 11.3 Å². The summed E-state index contributed by atoms with van der Waals surface area (Å²) in [5.41, 5.74) is 3.35. The zero-order valence-corrected chi connectivity index (χ0v) is 11.6. The number of aliphatic carboxylic acids is 1. The average Bonchev–Trinajstić information content (AvgIpc) is 2.84. The normalized spacial score (nSPS) is 23.1. The van der Waals surface area contributed by atoms with Gasteiger partial charge in [0, 0.05) is 30.4 Å². The molecule has 0 aromatic carbocycles. The molecular weight excluding hydrogens is 254 g/mol. The molecule has 0 saturated carbocycles. The third-order valence-electron chi connectivity index (χ3n) is 4.25. The molecule has 5 heteroatoms. The van der Waals surface area contributed by atoms with Crippen molar-refractivity contribution in [3.05, 3.63) is 35.8 Å². The number of quaternary nitrogens is 1. The van der Waals surface area contributed by atoms with Gasteiger partial charge in [-0.25, -0.2) is 4.98 Å². The number of hydrogen-bond donors (Lipinski definition) is 1. The van der Waals surface area contributed by atoms with E-state index >= 15 is 0 Å². The highest BCUT2D eigenvalue weighted by Gasteiger charge is 2.23. The molecule has 0 amide bonds. The lowest BCUT2D eigenvalue weighted by atomic mass is 9.97. The largest absolute Gasteiger partial charge is 0.550 e. The van der Waals surface area contributed by atoms with E-state index < -0.39 is 5.97 Å². The highest BCUT2D eigenvalue weighted by Crippen LogP contribution is 2.11. The third kappa shape index (κ3) is 2.41. The Labute approximate surface area is 117 Å². The Hall–Kier alpha value is -1.88. The first-order chi connectivity index (χ1) is 9.65. The van der Waals surface area contributed by atoms with Crippen LogP contribution in [0.4, 0.5) is 0 Å². The van der Waals surface area contributed by atoms with Crippen LogP contribution in [0.15, 0.2) is 24.4 Å². The van der Waals surface area contributed by atoms with Gasteiger partial charge in [-0.05, 0) is 19.1 Å². The van der Waals surface area contributed by atoms with E-state index in [1.165, 1.54) is 16.3 Å². The van der Waals surface area contributed by atoms with Gasteiger partial charge in [0.05, 0.1) is 25.0 Å². The van der Waals surface area contributed by atoms with Gasteiger partial charge in [-0.3, -0.25) is 4.40 Å². The lowest BCUT2D eigenvalue weighted by Crippen LogP contribution is -3.12. The standard InChI is InChI=1S/C15H19N3O2/c1-11-3-2-4-14-16-9-13(18(11)14)10-17-7-5-12(6-8-17)15(19)20/h2-4,9,12H,5-8,10H2,1H3,(H,19,20). The van der Waals surface area contributed by atoms with Gasteiger partial charge in [0.25, 0.3) is 0 Å². The van der Waals surface area contributed by atoms with E-state index in [4.69, 9.17) is 0 Å². The van der Waals surface area contributed by atoms with Crippen LogP contribution < -0.4 is 10.0 Å². The molecule has 1 aliphatic heterocycles. The number of aromatic nitrogens is 2. The summed E-state index contributed by atoms with van der Waals surface area (Å²) >= 11 is 0. The molecule has 1 N–H and O–H groups in total. The van der Waals surface area contributed by atoms with Gasteiger partial charge < -0.3 is 14.8 Å². The Bertz CT molecular complexity index is 627. The van der Waals surface area contributed by atoms with E-state index in [1.807, 2.05) is 18.3 Å². The predicted octanol–water partition coefficient (Wildman–Crippen LogP) is -0.812. The van der Waals surface area contributed by atoms with Crippen LogP contribution in [0.3, 0.4) is 0 Å². The predicted molar refractivity (Wildman–Crippen MR) is 72.1 cm³/mol. The Morgan fingerprint density at radius 3 is 2.90 bits per heavy atom. The number of carboxylic acids is 1. The molecule has 2 aromatic heterocycles. The van der Waals surface area contributed by atoms with Crippen LogP contribution in [0.2, 0.25) is 0 Å². The highest BCUT2D eigenvalue weighted by atomic mass is 16.4. The van der Waals surface area contributed by atoms with Crippen molar-refractivity contribution >= 4 is 11.6 Å². The van der Waals surface area contributed by atoms with Crippen LogP contribution in [0.25, 0.3) is 5.65 Å². The first-order valence-electron chi connectivity index (χ1n) is 7.11. The minimum Gasteiger partial charge on any atom is -0.550 e. The summed E-state index contributed by atoms with van der Waals surface area (Å²) < 4.78 is 2.18. The number of hydrogen-bond acceptors (Lipinski definition) is 3. The highest BCUT2D eigenvalue weighted by molar-refractivity contribution is 5.67. The molecule has 1 aliphatic rings. The molecular formula is C15H19N3O2. The minimum atomic E-state index is -0.894. The zero-order valence-electron chi connectivity index (χ0n) is 11.6. The van der Waals surface area contributed by atoms with Crippen molar-refractivity contribution in [2.45, 2.75) is 26.3 Å². The van der Waals surface area contributed by atoms with E-state index in [9.17, 15) is 9.90 Å². The van der Waals surface area contributed by atoms with E-state index in [1.54, 1.807) is 0 Å². The van der Waals surface area contributed by atoms with Gasteiger partial charge in [-0.1, -0.05) is 6.07 Å². The number of nitrogens with zero attached hydrogens (tertiary/aromatic N) is 2. The summed E-state index contributed by atoms with van der Waals surface area (Å²) in [6, 6.07) is 6.10. The number of pyridine rings is 1. The molecule has 2 aromatic rings. The van der Waals surface area contributed by atoms with Crippen molar-refractivity contribution in [1.29, 1.82) is 0 Å². The molecule has 0 radical (unpaired) electrons. The van der Waals surface area contributed by atoms with Gasteiger partial charge in [0.15, 0.2) is 0 Å². The number of fused-ring (bicyclic) bond motifs is 1. The fourth-order valence-electron chi connectivity index (χ4n) is 3.10. The molecule has 0 spiro atoms. The molecule has 5 nitrogen and oxygen atoms in total.